The average molecular weight is 883 g/mol. The van der Waals surface area contributed by atoms with Crippen molar-refractivity contribution >= 4 is 61.1 Å². The monoisotopic (exact) mass is 883 g/mol. The van der Waals surface area contributed by atoms with Crippen molar-refractivity contribution in [3.63, 3.8) is 0 Å². The molecule has 2 heterocycles. The zero-order valence-corrected chi connectivity index (χ0v) is 41.2. The van der Waals surface area contributed by atoms with Gasteiger partial charge < -0.3 is 26.2 Å². The van der Waals surface area contributed by atoms with Crippen LogP contribution in [0.3, 0.4) is 0 Å². The molecule has 2 aliphatic rings. The van der Waals surface area contributed by atoms with Crippen molar-refractivity contribution < 1.29 is 28.3 Å². The maximum atomic E-state index is 14.9. The van der Waals surface area contributed by atoms with Crippen molar-refractivity contribution in [3.8, 4) is 0 Å². The van der Waals surface area contributed by atoms with Gasteiger partial charge in [-0.25, -0.2) is 14.1 Å². The second-order valence-corrected chi connectivity index (χ2v) is 17.8. The highest BCUT2D eigenvalue weighted by Gasteiger charge is 2.50. The fourth-order valence-electron chi connectivity index (χ4n) is 7.63. The molecule has 1 aliphatic carbocycles. The third-order valence-electron chi connectivity index (χ3n) is 11.1. The van der Waals surface area contributed by atoms with Crippen LogP contribution in [0.5, 0.6) is 0 Å². The lowest BCUT2D eigenvalue weighted by molar-refractivity contribution is -0.145. The molecule has 14 nitrogen and oxygen atoms in total. The lowest BCUT2D eigenvalue weighted by atomic mass is 9.70. The number of carbonyl (C=O) groups excluding carboxylic acids is 5. The molecule has 0 spiro atoms. The van der Waals surface area contributed by atoms with Gasteiger partial charge in [-0.3, -0.25) is 23.5 Å². The minimum absolute atomic E-state index is 0. The van der Waals surface area contributed by atoms with Crippen LogP contribution in [-0.4, -0.2) is 102 Å². The maximum Gasteiger partial charge on any atom is 0.315 e. The maximum absolute atomic E-state index is 14.9. The molecule has 16 heteroatoms. The van der Waals surface area contributed by atoms with Crippen LogP contribution >= 0.6 is 25.7 Å². The molecular weight excluding hydrogens is 801 g/mol. The molecule has 60 heavy (non-hydrogen) atoms. The molecule has 2 fully saturated rings. The number of hydrogen-bond donors (Lipinski definition) is 4. The fourth-order valence-corrected chi connectivity index (χ4v) is 8.08. The molecule has 0 bridgehead atoms. The molecule has 0 radical (unpaired) electrons. The molecule has 1 aromatic heterocycles. The summed E-state index contributed by atoms with van der Waals surface area (Å²) in [6.07, 6.45) is 8.49. The lowest BCUT2D eigenvalue weighted by Crippen LogP contribution is -2.63. The number of rotatable bonds is 19. The van der Waals surface area contributed by atoms with Gasteiger partial charge in [0.1, 0.15) is 30.1 Å². The van der Waals surface area contributed by atoms with Gasteiger partial charge in [-0.15, -0.1) is 0 Å². The highest BCUT2D eigenvalue weighted by Crippen LogP contribution is 2.41. The van der Waals surface area contributed by atoms with Gasteiger partial charge in [0, 0.05) is 39.9 Å². The molecule has 1 saturated heterocycles. The first kappa shape index (κ1) is 56.9. The highest BCUT2D eigenvalue weighted by atomic mass is 32.2. The summed E-state index contributed by atoms with van der Waals surface area (Å²) < 4.78 is 7.74. The number of amides is 5. The van der Waals surface area contributed by atoms with Crippen LogP contribution in [0.1, 0.15) is 141 Å². The third kappa shape index (κ3) is 17.4. The number of unbranched alkanes of at least 4 members (excludes halogenated alkanes) is 1. The summed E-state index contributed by atoms with van der Waals surface area (Å²) in [5.74, 6) is -1.53. The van der Waals surface area contributed by atoms with Gasteiger partial charge in [0.2, 0.25) is 17.6 Å². The molecule has 5 atom stereocenters. The number of hydroxylamine groups is 2. The van der Waals surface area contributed by atoms with E-state index in [4.69, 9.17) is 4.28 Å². The Labute approximate surface area is 374 Å². The summed E-state index contributed by atoms with van der Waals surface area (Å²) in [5.41, 5.74) is -0.908. The minimum Gasteiger partial charge on any atom is -0.350 e. The SMILES string of the molecule is CC.CC.CCCCC(NC(=O)C1C(C(C)C)CCN1C(=O)C(NC(=O)NC(CN(C)OSN(C)c1ccccn1)C(C)(C)C)C1(C)CCCCC1)C(=O)C(=O)NCC.S. The van der Waals surface area contributed by atoms with E-state index in [1.165, 1.54) is 0 Å². The van der Waals surface area contributed by atoms with Crippen LogP contribution in [0.25, 0.3) is 0 Å². The van der Waals surface area contributed by atoms with E-state index in [1.807, 2.05) is 94.5 Å². The summed E-state index contributed by atoms with van der Waals surface area (Å²) in [6.45, 7) is 24.9. The summed E-state index contributed by atoms with van der Waals surface area (Å²) in [6, 6.07) is 2.05. The Morgan fingerprint density at radius 2 is 1.62 bits per heavy atom. The van der Waals surface area contributed by atoms with Gasteiger partial charge in [-0.1, -0.05) is 114 Å². The molecule has 1 aromatic rings. The molecule has 1 aliphatic heterocycles. The van der Waals surface area contributed by atoms with Crippen molar-refractivity contribution in [2.45, 2.75) is 165 Å². The van der Waals surface area contributed by atoms with Crippen LogP contribution in [0, 0.1) is 22.7 Å². The predicted octanol–water partition coefficient (Wildman–Crippen LogP) is 7.42. The third-order valence-corrected chi connectivity index (χ3v) is 11.9. The van der Waals surface area contributed by atoms with E-state index in [-0.39, 0.29) is 42.7 Å². The standard InChI is InChI=1S/C40H68N8O6S.2C2H6.H2S/c1-11-13-19-29(33(49)36(51)41-12-2)43-35(50)32-28(27(3)4)21-25-48(32)37(52)34(40(8)22-16-14-17-23-40)45-38(53)44-30(39(5,6)7)26-46(9)54-55-47(10)31-20-15-18-24-42-31;2*1-2;/h15,18,20,24,27-30,32,34H,11-14,16-17,19,21-23,25-26H2,1-10H3,(H,41,51)(H,43,50)(H2,44,45,53);2*1-2H3;1H2. The highest BCUT2D eigenvalue weighted by molar-refractivity contribution is 7.96. The molecule has 4 N–H and O–H groups in total. The Hall–Kier alpha value is -3.08. The molecule has 0 aromatic carbocycles. The number of nitrogens with zero attached hydrogens (tertiary/aromatic N) is 4. The lowest BCUT2D eigenvalue weighted by Gasteiger charge is -2.43. The van der Waals surface area contributed by atoms with E-state index < -0.39 is 47.2 Å². The smallest absolute Gasteiger partial charge is 0.315 e. The number of urea groups is 1. The van der Waals surface area contributed by atoms with Crippen molar-refractivity contribution in [3.05, 3.63) is 24.4 Å². The Morgan fingerprint density at radius 3 is 2.15 bits per heavy atom. The van der Waals surface area contributed by atoms with Crippen molar-refractivity contribution in [1.29, 1.82) is 0 Å². The Bertz CT molecular complexity index is 1430. The Morgan fingerprint density at radius 1 is 0.983 bits per heavy atom. The van der Waals surface area contributed by atoms with E-state index in [0.717, 1.165) is 56.6 Å². The van der Waals surface area contributed by atoms with Gasteiger partial charge in [0.25, 0.3) is 5.91 Å². The number of aromatic nitrogens is 1. The topological polar surface area (TPSA) is 165 Å². The number of nitrogens with one attached hydrogen (secondary N) is 4. The van der Waals surface area contributed by atoms with Crippen LogP contribution in [0.15, 0.2) is 24.4 Å². The van der Waals surface area contributed by atoms with Crippen LogP contribution in [0.4, 0.5) is 10.6 Å². The second-order valence-electron chi connectivity index (χ2n) is 16.9. The normalized spacial score (nSPS) is 18.6. The number of likely N-dealkylation sites (N-methyl/N-ethyl adjacent to an activating group) is 2. The minimum atomic E-state index is -0.995. The molecular formula is C44H82N8O6S2. The molecule has 1 saturated carbocycles. The van der Waals surface area contributed by atoms with E-state index in [2.05, 4.69) is 33.2 Å². The van der Waals surface area contributed by atoms with Crippen molar-refractivity contribution in [1.82, 2.24) is 36.2 Å². The number of likely N-dealkylation sites (tertiary alicyclic amines) is 1. The number of hydrogen-bond acceptors (Lipinski definition) is 10. The largest absolute Gasteiger partial charge is 0.350 e. The van der Waals surface area contributed by atoms with Crippen LogP contribution < -0.4 is 25.6 Å². The number of pyridine rings is 1. The number of carbonyl (C=O) groups is 5. The summed E-state index contributed by atoms with van der Waals surface area (Å²) >= 11 is 1.12. The molecule has 5 amide bonds. The van der Waals surface area contributed by atoms with Crippen LogP contribution in [0.2, 0.25) is 0 Å². The van der Waals surface area contributed by atoms with Gasteiger partial charge in [-0.2, -0.15) is 18.6 Å². The quantitative estimate of drug-likeness (QED) is 0.0476. The predicted molar refractivity (Wildman–Crippen MR) is 251 cm³/mol. The Kier molecular flexibility index (Phi) is 27.0. The van der Waals surface area contributed by atoms with E-state index in [0.29, 0.717) is 38.9 Å². The van der Waals surface area contributed by atoms with Crippen molar-refractivity contribution in [2.75, 3.05) is 38.0 Å². The van der Waals surface area contributed by atoms with Crippen LogP contribution in [-0.2, 0) is 23.5 Å². The number of anilines is 1. The first-order valence-corrected chi connectivity index (χ1v) is 22.8. The van der Waals surface area contributed by atoms with Gasteiger partial charge in [0.15, 0.2) is 0 Å². The summed E-state index contributed by atoms with van der Waals surface area (Å²) in [4.78, 5) is 74.9. The van der Waals surface area contributed by atoms with Gasteiger partial charge in [-0.05, 0) is 67.4 Å². The summed E-state index contributed by atoms with van der Waals surface area (Å²) in [5, 5.41) is 13.4. The number of ketones is 1. The van der Waals surface area contributed by atoms with Gasteiger partial charge in [0.05, 0.1) is 12.1 Å². The zero-order valence-electron chi connectivity index (χ0n) is 39.4. The van der Waals surface area contributed by atoms with E-state index >= 15 is 0 Å². The van der Waals surface area contributed by atoms with E-state index in [1.54, 1.807) is 34.4 Å². The first-order chi connectivity index (χ1) is 27.9. The van der Waals surface area contributed by atoms with E-state index in [9.17, 15) is 24.0 Å². The Balaban J connectivity index is 0.00000675. The fraction of sp³-hybridized carbons (Fsp3) is 0.773. The molecule has 5 unspecified atom stereocenters. The first-order valence-electron chi connectivity index (χ1n) is 22.1. The average Bonchev–Trinajstić information content (AvgIpc) is 3.68. The van der Waals surface area contributed by atoms with Gasteiger partial charge >= 0.3 is 6.03 Å². The summed E-state index contributed by atoms with van der Waals surface area (Å²) in [7, 11) is 3.65. The second kappa shape index (κ2) is 28.5. The zero-order chi connectivity index (χ0) is 44.9. The molecule has 3 rings (SSSR count). The number of Topliss-reactive ketones (excluding diaryl/α,β-unsaturated/α-hetero) is 1. The van der Waals surface area contributed by atoms with Crippen molar-refractivity contribution in [2.24, 2.45) is 22.7 Å². The molecule has 346 valence electrons.